The molecular weight excluding hydrogens is 152 g/mol. The van der Waals surface area contributed by atoms with E-state index in [0.29, 0.717) is 0 Å². The van der Waals surface area contributed by atoms with Crippen molar-refractivity contribution in [3.8, 4) is 0 Å². The second-order valence-corrected chi connectivity index (χ2v) is 3.27. The molecule has 1 aromatic rings. The molecule has 1 radical (unpaired) electrons. The minimum Gasteiger partial charge on any atom is -0.153 e. The van der Waals surface area contributed by atoms with E-state index in [0.717, 1.165) is 11.5 Å². The standard InChI is InChI=1S/C10H11S/c1-2-8-11-9-10-6-4-3-5-7-10/h1-7H,8-9H2. The van der Waals surface area contributed by atoms with Crippen molar-refractivity contribution >= 4 is 11.8 Å². The van der Waals surface area contributed by atoms with E-state index in [-0.39, 0.29) is 0 Å². The third-order valence-corrected chi connectivity index (χ3v) is 2.29. The molecule has 0 nitrogen and oxygen atoms in total. The molecule has 0 spiro atoms. The van der Waals surface area contributed by atoms with Crippen LogP contribution in [0.4, 0.5) is 0 Å². The first-order chi connectivity index (χ1) is 5.43. The van der Waals surface area contributed by atoms with E-state index in [2.05, 4.69) is 24.3 Å². The minimum absolute atomic E-state index is 0.925. The van der Waals surface area contributed by atoms with E-state index in [9.17, 15) is 0 Å². The van der Waals surface area contributed by atoms with Gasteiger partial charge in [-0.15, -0.1) is 0 Å². The molecule has 0 saturated heterocycles. The second kappa shape index (κ2) is 5.03. The van der Waals surface area contributed by atoms with Crippen molar-refractivity contribution < 1.29 is 0 Å². The maximum Gasteiger partial charge on any atom is 0.0187 e. The molecule has 1 heteroatoms. The lowest BCUT2D eigenvalue weighted by atomic mass is 10.2. The molecule has 0 saturated carbocycles. The van der Waals surface area contributed by atoms with Crippen LogP contribution in [-0.4, -0.2) is 5.75 Å². The molecule has 11 heavy (non-hydrogen) atoms. The molecule has 57 valence electrons. The van der Waals surface area contributed by atoms with Crippen molar-refractivity contribution in [2.24, 2.45) is 0 Å². The van der Waals surface area contributed by atoms with Crippen LogP contribution in [-0.2, 0) is 5.75 Å². The molecule has 0 aliphatic rings. The van der Waals surface area contributed by atoms with Gasteiger partial charge in [0.1, 0.15) is 0 Å². The van der Waals surface area contributed by atoms with E-state index in [4.69, 9.17) is 6.58 Å². The summed E-state index contributed by atoms with van der Waals surface area (Å²) in [6.45, 7) is 5.25. The number of hydrogen-bond donors (Lipinski definition) is 0. The van der Waals surface area contributed by atoms with Crippen LogP contribution in [0.15, 0.2) is 36.4 Å². The van der Waals surface area contributed by atoms with Gasteiger partial charge in [0.05, 0.1) is 0 Å². The Labute approximate surface area is 72.3 Å². The molecule has 0 bridgehead atoms. The highest BCUT2D eigenvalue weighted by molar-refractivity contribution is 7.98. The summed E-state index contributed by atoms with van der Waals surface area (Å²) in [6.07, 6.45) is 1.69. The average molecular weight is 163 g/mol. The summed E-state index contributed by atoms with van der Waals surface area (Å²) in [5, 5.41) is 0. The Morgan fingerprint density at radius 2 is 2.00 bits per heavy atom. The molecule has 0 unspecified atom stereocenters. The van der Waals surface area contributed by atoms with Gasteiger partial charge in [0, 0.05) is 11.5 Å². The van der Waals surface area contributed by atoms with Crippen molar-refractivity contribution in [1.29, 1.82) is 0 Å². The summed E-state index contributed by atoms with van der Waals surface area (Å²) >= 11 is 1.83. The van der Waals surface area contributed by atoms with Gasteiger partial charge in [0.15, 0.2) is 0 Å². The van der Waals surface area contributed by atoms with Crippen LogP contribution in [0.5, 0.6) is 0 Å². The Morgan fingerprint density at radius 3 is 2.64 bits per heavy atom. The molecule has 0 aliphatic carbocycles. The highest BCUT2D eigenvalue weighted by Crippen LogP contribution is 2.10. The Bertz CT molecular complexity index is 203. The monoisotopic (exact) mass is 163 g/mol. The first kappa shape index (κ1) is 8.41. The first-order valence-corrected chi connectivity index (χ1v) is 4.74. The molecule has 0 amide bonds. The van der Waals surface area contributed by atoms with Crippen LogP contribution in [0.25, 0.3) is 0 Å². The topological polar surface area (TPSA) is 0 Å². The first-order valence-electron chi connectivity index (χ1n) is 3.58. The molecule has 0 heterocycles. The largest absolute Gasteiger partial charge is 0.153 e. The van der Waals surface area contributed by atoms with E-state index < -0.39 is 0 Å². The van der Waals surface area contributed by atoms with Gasteiger partial charge >= 0.3 is 0 Å². The van der Waals surface area contributed by atoms with Gasteiger partial charge in [-0.1, -0.05) is 43.0 Å². The maximum atomic E-state index is 5.25. The smallest absolute Gasteiger partial charge is 0.0187 e. The number of hydrogen-bond acceptors (Lipinski definition) is 1. The molecule has 1 aromatic carbocycles. The molecule has 0 atom stereocenters. The van der Waals surface area contributed by atoms with Crippen LogP contribution in [0.3, 0.4) is 0 Å². The lowest BCUT2D eigenvalue weighted by Gasteiger charge is -1.97. The van der Waals surface area contributed by atoms with Crippen LogP contribution in [0.2, 0.25) is 0 Å². The lowest BCUT2D eigenvalue weighted by molar-refractivity contribution is 1.41. The summed E-state index contributed by atoms with van der Waals surface area (Å²) in [7, 11) is 0. The highest BCUT2D eigenvalue weighted by atomic mass is 32.2. The Balaban J connectivity index is 2.33. The second-order valence-electron chi connectivity index (χ2n) is 2.24. The van der Waals surface area contributed by atoms with Crippen molar-refractivity contribution in [3.63, 3.8) is 0 Å². The Hall–Kier alpha value is -0.690. The van der Waals surface area contributed by atoms with E-state index >= 15 is 0 Å². The van der Waals surface area contributed by atoms with E-state index in [1.807, 2.05) is 17.8 Å². The molecule has 0 fully saturated rings. The highest BCUT2D eigenvalue weighted by Gasteiger charge is 1.88. The predicted molar refractivity (Wildman–Crippen MR) is 51.5 cm³/mol. The SMILES string of the molecule is [CH]=CCSCc1ccccc1. The predicted octanol–water partition coefficient (Wildman–Crippen LogP) is 2.91. The quantitative estimate of drug-likeness (QED) is 0.615. The van der Waals surface area contributed by atoms with Crippen LogP contribution >= 0.6 is 11.8 Å². The van der Waals surface area contributed by atoms with Crippen molar-refractivity contribution in [2.45, 2.75) is 5.75 Å². The zero-order valence-corrected chi connectivity index (χ0v) is 7.18. The molecule has 1 rings (SSSR count). The van der Waals surface area contributed by atoms with Gasteiger partial charge < -0.3 is 0 Å². The fourth-order valence-electron chi connectivity index (χ4n) is 0.819. The van der Waals surface area contributed by atoms with Gasteiger partial charge in [-0.05, 0) is 5.56 Å². The van der Waals surface area contributed by atoms with Gasteiger partial charge in [-0.25, -0.2) is 0 Å². The van der Waals surface area contributed by atoms with Crippen LogP contribution in [0.1, 0.15) is 5.56 Å². The number of rotatable bonds is 4. The fourth-order valence-corrected chi connectivity index (χ4v) is 1.50. The van der Waals surface area contributed by atoms with Crippen molar-refractivity contribution in [2.75, 3.05) is 5.75 Å². The zero-order valence-electron chi connectivity index (χ0n) is 6.36. The van der Waals surface area contributed by atoms with E-state index in [1.54, 1.807) is 6.08 Å². The van der Waals surface area contributed by atoms with Gasteiger partial charge in [-0.3, -0.25) is 0 Å². The van der Waals surface area contributed by atoms with E-state index in [1.165, 1.54) is 5.56 Å². The lowest BCUT2D eigenvalue weighted by Crippen LogP contribution is -1.78. The number of benzene rings is 1. The molecular formula is C10H11S. The van der Waals surface area contributed by atoms with Gasteiger partial charge in [0.2, 0.25) is 0 Å². The molecule has 0 aromatic heterocycles. The molecule has 0 aliphatic heterocycles. The summed E-state index contributed by atoms with van der Waals surface area (Å²) < 4.78 is 0. The van der Waals surface area contributed by atoms with Crippen LogP contribution < -0.4 is 0 Å². The average Bonchev–Trinajstić information content (AvgIpc) is 2.07. The number of thioether (sulfide) groups is 1. The maximum absolute atomic E-state index is 5.25. The zero-order chi connectivity index (χ0) is 7.94. The minimum atomic E-state index is 0.925. The summed E-state index contributed by atoms with van der Waals surface area (Å²) in [5.41, 5.74) is 1.36. The van der Waals surface area contributed by atoms with Crippen molar-refractivity contribution in [1.82, 2.24) is 0 Å². The Morgan fingerprint density at radius 1 is 1.27 bits per heavy atom. The van der Waals surface area contributed by atoms with Gasteiger partial charge in [-0.2, -0.15) is 11.8 Å². The third kappa shape index (κ3) is 3.28. The normalized spacial score (nSPS) is 9.45. The Kier molecular flexibility index (Phi) is 3.84. The summed E-state index contributed by atoms with van der Waals surface area (Å²) in [4.78, 5) is 0. The van der Waals surface area contributed by atoms with Gasteiger partial charge in [0.25, 0.3) is 0 Å². The van der Waals surface area contributed by atoms with Crippen molar-refractivity contribution in [3.05, 3.63) is 48.6 Å². The fraction of sp³-hybridized carbons (Fsp3) is 0.200. The summed E-state index contributed by atoms with van der Waals surface area (Å²) in [5.74, 6) is 1.98. The summed E-state index contributed by atoms with van der Waals surface area (Å²) in [6, 6.07) is 10.4. The third-order valence-electron chi connectivity index (χ3n) is 1.33. The molecule has 0 N–H and O–H groups in total. The van der Waals surface area contributed by atoms with Crippen LogP contribution in [0, 0.1) is 6.58 Å².